The van der Waals surface area contributed by atoms with Crippen LogP contribution < -0.4 is 5.32 Å². The number of nitrogens with one attached hydrogen (secondary N) is 1. The Balaban J connectivity index is 2.25. The Kier molecular flexibility index (Phi) is 1.22. The maximum absolute atomic E-state index is 11.5. The molecule has 0 aromatic carbocycles. The molecule has 1 aromatic rings. The second-order valence-electron chi connectivity index (χ2n) is 3.57. The molecule has 13 heavy (non-hydrogen) atoms. The van der Waals surface area contributed by atoms with E-state index in [4.69, 9.17) is 0 Å². The zero-order chi connectivity index (χ0) is 9.05. The second-order valence-corrected chi connectivity index (χ2v) is 4.38. The van der Waals surface area contributed by atoms with Crippen molar-refractivity contribution >= 4 is 21.8 Å². The maximum Gasteiger partial charge on any atom is 0.271 e. The van der Waals surface area contributed by atoms with E-state index in [1.807, 2.05) is 12.1 Å². The number of hydrogen-bond acceptors (Lipinski definition) is 2. The van der Waals surface area contributed by atoms with Crippen molar-refractivity contribution < 1.29 is 4.79 Å². The van der Waals surface area contributed by atoms with Crippen LogP contribution in [0, 0.1) is 0 Å². The van der Waals surface area contributed by atoms with Gasteiger partial charge in [0, 0.05) is 5.56 Å². The molecule has 2 aliphatic rings. The standard InChI is InChI=1S/C9H7BrN2O/c10-6-2-1-5-7(11-6)8(13)12-9(5)3-4-9/h1-2H,3-4H2,(H,12,13). The second kappa shape index (κ2) is 2.12. The minimum atomic E-state index is -0.0416. The van der Waals surface area contributed by atoms with Crippen molar-refractivity contribution in [1.29, 1.82) is 0 Å². The molecule has 1 saturated carbocycles. The molecule has 1 spiro atoms. The Bertz CT molecular complexity index is 412. The number of carbonyl (C=O) groups is 1. The average Bonchev–Trinajstić information content (AvgIpc) is 2.79. The summed E-state index contributed by atoms with van der Waals surface area (Å²) in [5.41, 5.74) is 1.62. The van der Waals surface area contributed by atoms with Gasteiger partial charge in [-0.25, -0.2) is 4.98 Å². The molecule has 2 heterocycles. The van der Waals surface area contributed by atoms with Crippen LogP contribution in [0.4, 0.5) is 0 Å². The predicted octanol–water partition coefficient (Wildman–Crippen LogP) is 1.58. The van der Waals surface area contributed by atoms with E-state index in [0.717, 1.165) is 23.0 Å². The van der Waals surface area contributed by atoms with E-state index in [0.29, 0.717) is 5.69 Å². The average molecular weight is 239 g/mol. The summed E-state index contributed by atoms with van der Waals surface area (Å²) < 4.78 is 0.721. The number of fused-ring (bicyclic) bond motifs is 2. The molecule has 3 nitrogen and oxygen atoms in total. The van der Waals surface area contributed by atoms with E-state index >= 15 is 0 Å². The number of pyridine rings is 1. The first-order valence-corrected chi connectivity index (χ1v) is 5.00. The van der Waals surface area contributed by atoms with Crippen LogP contribution in [0.1, 0.15) is 28.9 Å². The molecule has 1 fully saturated rings. The van der Waals surface area contributed by atoms with Crippen molar-refractivity contribution in [3.8, 4) is 0 Å². The first-order valence-electron chi connectivity index (χ1n) is 4.21. The molecule has 1 aliphatic heterocycles. The van der Waals surface area contributed by atoms with Gasteiger partial charge in [-0.3, -0.25) is 4.79 Å². The smallest absolute Gasteiger partial charge is 0.271 e. The zero-order valence-electron chi connectivity index (χ0n) is 6.80. The number of amides is 1. The molecule has 3 rings (SSSR count). The normalized spacial score (nSPS) is 21.5. The third-order valence-corrected chi connectivity index (χ3v) is 3.14. The van der Waals surface area contributed by atoms with Gasteiger partial charge in [-0.1, -0.05) is 6.07 Å². The largest absolute Gasteiger partial charge is 0.341 e. The summed E-state index contributed by atoms with van der Waals surface area (Å²) in [4.78, 5) is 15.7. The third-order valence-electron chi connectivity index (χ3n) is 2.69. The van der Waals surface area contributed by atoms with E-state index in [1.165, 1.54) is 0 Å². The fourth-order valence-corrected chi connectivity index (χ4v) is 2.17. The summed E-state index contributed by atoms with van der Waals surface area (Å²) in [6.45, 7) is 0. The lowest BCUT2D eigenvalue weighted by atomic mass is 10.1. The monoisotopic (exact) mass is 238 g/mol. The molecular weight excluding hydrogens is 232 g/mol. The van der Waals surface area contributed by atoms with Gasteiger partial charge in [-0.05, 0) is 34.8 Å². The lowest BCUT2D eigenvalue weighted by molar-refractivity contribution is 0.0948. The van der Waals surface area contributed by atoms with Gasteiger partial charge in [0.2, 0.25) is 0 Å². The lowest BCUT2D eigenvalue weighted by Gasteiger charge is -2.05. The van der Waals surface area contributed by atoms with Crippen molar-refractivity contribution in [2.75, 3.05) is 0 Å². The molecule has 66 valence electrons. The van der Waals surface area contributed by atoms with Crippen molar-refractivity contribution in [1.82, 2.24) is 10.3 Å². The van der Waals surface area contributed by atoms with E-state index in [-0.39, 0.29) is 11.4 Å². The number of hydrogen-bond donors (Lipinski definition) is 1. The van der Waals surface area contributed by atoms with Gasteiger partial charge in [-0.15, -0.1) is 0 Å². The Morgan fingerprint density at radius 3 is 2.92 bits per heavy atom. The highest BCUT2D eigenvalue weighted by Gasteiger charge is 2.52. The van der Waals surface area contributed by atoms with Crippen molar-refractivity contribution in [3.05, 3.63) is 28.0 Å². The summed E-state index contributed by atoms with van der Waals surface area (Å²) in [5.74, 6) is -0.0335. The predicted molar refractivity (Wildman–Crippen MR) is 50.3 cm³/mol. The fourth-order valence-electron chi connectivity index (χ4n) is 1.86. The van der Waals surface area contributed by atoms with E-state index < -0.39 is 0 Å². The number of nitrogens with zero attached hydrogens (tertiary/aromatic N) is 1. The SMILES string of the molecule is O=C1NC2(CC2)c2ccc(Br)nc21. The van der Waals surface area contributed by atoms with Crippen LogP contribution in [0.2, 0.25) is 0 Å². The van der Waals surface area contributed by atoms with Crippen molar-refractivity contribution in [3.63, 3.8) is 0 Å². The molecular formula is C9H7BrN2O. The van der Waals surface area contributed by atoms with Crippen LogP contribution in [0.5, 0.6) is 0 Å². The summed E-state index contributed by atoms with van der Waals surface area (Å²) >= 11 is 3.26. The summed E-state index contributed by atoms with van der Waals surface area (Å²) in [6.07, 6.45) is 2.10. The van der Waals surface area contributed by atoms with Gasteiger partial charge in [0.05, 0.1) is 5.54 Å². The van der Waals surface area contributed by atoms with E-state index in [2.05, 4.69) is 26.2 Å². The van der Waals surface area contributed by atoms with Crippen LogP contribution >= 0.6 is 15.9 Å². The Morgan fingerprint density at radius 2 is 2.23 bits per heavy atom. The van der Waals surface area contributed by atoms with Crippen LogP contribution in [0.3, 0.4) is 0 Å². The molecule has 0 atom stereocenters. The van der Waals surface area contributed by atoms with Crippen LogP contribution in [-0.2, 0) is 5.54 Å². The number of halogens is 1. The Morgan fingerprint density at radius 1 is 1.46 bits per heavy atom. The first-order chi connectivity index (χ1) is 6.21. The molecule has 0 bridgehead atoms. The molecule has 0 unspecified atom stereocenters. The van der Waals surface area contributed by atoms with Crippen LogP contribution in [0.25, 0.3) is 0 Å². The molecule has 1 N–H and O–H groups in total. The highest BCUT2D eigenvalue weighted by molar-refractivity contribution is 9.10. The summed E-state index contributed by atoms with van der Waals surface area (Å²) in [6, 6.07) is 3.87. The van der Waals surface area contributed by atoms with Crippen LogP contribution in [-0.4, -0.2) is 10.9 Å². The van der Waals surface area contributed by atoms with Crippen molar-refractivity contribution in [2.45, 2.75) is 18.4 Å². The van der Waals surface area contributed by atoms with E-state index in [9.17, 15) is 4.79 Å². The highest BCUT2D eigenvalue weighted by atomic mass is 79.9. The minimum Gasteiger partial charge on any atom is -0.341 e. The molecule has 1 aromatic heterocycles. The molecule has 1 aliphatic carbocycles. The van der Waals surface area contributed by atoms with Gasteiger partial charge >= 0.3 is 0 Å². The molecule has 0 radical (unpaired) electrons. The molecule has 0 saturated heterocycles. The molecule has 4 heteroatoms. The third kappa shape index (κ3) is 0.892. The number of rotatable bonds is 0. The summed E-state index contributed by atoms with van der Waals surface area (Å²) in [7, 11) is 0. The maximum atomic E-state index is 11.5. The first kappa shape index (κ1) is 7.50. The fraction of sp³-hybridized carbons (Fsp3) is 0.333. The number of carbonyl (C=O) groups excluding carboxylic acids is 1. The van der Waals surface area contributed by atoms with Gasteiger partial charge in [0.15, 0.2) is 0 Å². The Labute approximate surface area is 83.7 Å². The quantitative estimate of drug-likeness (QED) is 0.698. The molecule has 1 amide bonds. The summed E-state index contributed by atoms with van der Waals surface area (Å²) in [5, 5.41) is 2.97. The minimum absolute atomic E-state index is 0.0335. The Hall–Kier alpha value is -0.900. The van der Waals surface area contributed by atoms with E-state index in [1.54, 1.807) is 0 Å². The van der Waals surface area contributed by atoms with Gasteiger partial charge in [0.25, 0.3) is 5.91 Å². The van der Waals surface area contributed by atoms with Gasteiger partial charge < -0.3 is 5.32 Å². The van der Waals surface area contributed by atoms with Gasteiger partial charge in [0.1, 0.15) is 10.3 Å². The zero-order valence-corrected chi connectivity index (χ0v) is 8.39. The van der Waals surface area contributed by atoms with Gasteiger partial charge in [-0.2, -0.15) is 0 Å². The lowest BCUT2D eigenvalue weighted by Crippen LogP contribution is -2.25. The number of aromatic nitrogens is 1. The highest BCUT2D eigenvalue weighted by Crippen LogP contribution is 2.49. The van der Waals surface area contributed by atoms with Crippen molar-refractivity contribution in [2.24, 2.45) is 0 Å². The van der Waals surface area contributed by atoms with Crippen LogP contribution in [0.15, 0.2) is 16.7 Å². The topological polar surface area (TPSA) is 42.0 Å².